The summed E-state index contributed by atoms with van der Waals surface area (Å²) >= 11 is 0. The Morgan fingerprint density at radius 3 is 2.68 bits per heavy atom. The molecule has 5 heteroatoms. The zero-order valence-corrected chi connectivity index (χ0v) is 11.2. The highest BCUT2D eigenvalue weighted by atomic mass is 15.2. The zero-order chi connectivity index (χ0) is 13.8. The Morgan fingerprint density at radius 2 is 2.05 bits per heavy atom. The van der Waals surface area contributed by atoms with Gasteiger partial charge in [-0.05, 0) is 36.6 Å². The third kappa shape index (κ3) is 2.57. The van der Waals surface area contributed by atoms with Gasteiger partial charge < -0.3 is 5.73 Å². The summed E-state index contributed by atoms with van der Waals surface area (Å²) in [7, 11) is 0. The molecule has 0 radical (unpaired) electrons. The highest BCUT2D eigenvalue weighted by Crippen LogP contribution is 2.28. The molecule has 2 rings (SSSR count). The predicted octanol–water partition coefficient (Wildman–Crippen LogP) is 1.48. The van der Waals surface area contributed by atoms with Crippen molar-refractivity contribution in [2.75, 3.05) is 5.73 Å². The molecule has 100 valence electrons. The Bertz CT molecular complexity index is 547. The second kappa shape index (κ2) is 5.77. The zero-order valence-electron chi connectivity index (χ0n) is 11.2. The van der Waals surface area contributed by atoms with E-state index in [0.29, 0.717) is 5.82 Å². The number of nitrogens with two attached hydrogens (primary N) is 2. The van der Waals surface area contributed by atoms with Crippen LogP contribution in [0.5, 0.6) is 0 Å². The average molecular weight is 257 g/mol. The van der Waals surface area contributed by atoms with Crippen LogP contribution in [-0.2, 0) is 6.42 Å². The molecule has 1 unspecified atom stereocenters. The van der Waals surface area contributed by atoms with E-state index < -0.39 is 0 Å². The molecule has 0 aliphatic carbocycles. The van der Waals surface area contributed by atoms with Gasteiger partial charge in [0.05, 0.1) is 11.7 Å². The van der Waals surface area contributed by atoms with Crippen molar-refractivity contribution in [3.05, 3.63) is 53.0 Å². The highest BCUT2D eigenvalue weighted by molar-refractivity contribution is 5.49. The topological polar surface area (TPSA) is 89.8 Å². The van der Waals surface area contributed by atoms with Crippen molar-refractivity contribution < 1.29 is 0 Å². The van der Waals surface area contributed by atoms with E-state index in [1.165, 1.54) is 0 Å². The van der Waals surface area contributed by atoms with Gasteiger partial charge in [-0.3, -0.25) is 10.8 Å². The number of anilines is 1. The van der Waals surface area contributed by atoms with Crippen molar-refractivity contribution in [3.8, 4) is 0 Å². The van der Waals surface area contributed by atoms with E-state index in [-0.39, 0.29) is 6.04 Å². The van der Waals surface area contributed by atoms with E-state index >= 15 is 0 Å². The van der Waals surface area contributed by atoms with Crippen LogP contribution in [0.2, 0.25) is 0 Å². The molecule has 2 heterocycles. The molecule has 2 aromatic heterocycles. The van der Waals surface area contributed by atoms with Crippen molar-refractivity contribution >= 4 is 5.82 Å². The van der Waals surface area contributed by atoms with Gasteiger partial charge in [-0.1, -0.05) is 13.0 Å². The Morgan fingerprint density at radius 1 is 1.26 bits per heavy atom. The molecule has 19 heavy (non-hydrogen) atoms. The smallest absolute Gasteiger partial charge is 0.128 e. The summed E-state index contributed by atoms with van der Waals surface area (Å²) in [6.07, 6.45) is 4.35. The van der Waals surface area contributed by atoms with Gasteiger partial charge in [0.25, 0.3) is 0 Å². The first-order valence-corrected chi connectivity index (χ1v) is 6.29. The number of nitrogens with one attached hydrogen (secondary N) is 1. The molecule has 0 amide bonds. The molecular formula is C14H19N5. The average Bonchev–Trinajstić information content (AvgIpc) is 2.43. The molecule has 1 atom stereocenters. The van der Waals surface area contributed by atoms with Gasteiger partial charge in [0, 0.05) is 18.0 Å². The monoisotopic (exact) mass is 257 g/mol. The Kier molecular flexibility index (Phi) is 4.09. The first-order chi connectivity index (χ1) is 9.19. The molecule has 0 fully saturated rings. The van der Waals surface area contributed by atoms with Crippen molar-refractivity contribution in [3.63, 3.8) is 0 Å². The maximum absolute atomic E-state index is 5.99. The normalized spacial score (nSPS) is 12.4. The minimum atomic E-state index is -0.246. The van der Waals surface area contributed by atoms with E-state index in [0.717, 1.165) is 28.8 Å². The molecule has 2 aromatic rings. The second-order valence-electron chi connectivity index (χ2n) is 4.43. The van der Waals surface area contributed by atoms with Crippen LogP contribution >= 0.6 is 0 Å². The predicted molar refractivity (Wildman–Crippen MR) is 76.2 cm³/mol. The minimum absolute atomic E-state index is 0.246. The lowest BCUT2D eigenvalue weighted by Crippen LogP contribution is -2.31. The lowest BCUT2D eigenvalue weighted by Gasteiger charge is -2.21. The van der Waals surface area contributed by atoms with E-state index in [2.05, 4.69) is 28.4 Å². The number of nitrogen functional groups attached to an aromatic ring is 1. The lowest BCUT2D eigenvalue weighted by atomic mass is 9.96. The van der Waals surface area contributed by atoms with Crippen LogP contribution in [0.15, 0.2) is 30.6 Å². The number of hydrazine groups is 1. The maximum atomic E-state index is 5.99. The van der Waals surface area contributed by atoms with Crippen LogP contribution in [0, 0.1) is 6.92 Å². The fourth-order valence-electron chi connectivity index (χ4n) is 2.27. The van der Waals surface area contributed by atoms with E-state index in [1.54, 1.807) is 12.4 Å². The summed E-state index contributed by atoms with van der Waals surface area (Å²) in [4.78, 5) is 8.60. The Balaban J connectivity index is 2.57. The van der Waals surface area contributed by atoms with Crippen LogP contribution in [0.4, 0.5) is 5.82 Å². The molecule has 0 saturated heterocycles. The van der Waals surface area contributed by atoms with Crippen LogP contribution < -0.4 is 17.0 Å². The lowest BCUT2D eigenvalue weighted by molar-refractivity contribution is 0.611. The largest absolute Gasteiger partial charge is 0.383 e. The summed E-state index contributed by atoms with van der Waals surface area (Å²) in [6.45, 7) is 4.08. The third-order valence-corrected chi connectivity index (χ3v) is 3.27. The quantitative estimate of drug-likeness (QED) is 0.570. The van der Waals surface area contributed by atoms with Crippen molar-refractivity contribution in [2.45, 2.75) is 26.3 Å². The summed E-state index contributed by atoms with van der Waals surface area (Å²) in [5.74, 6) is 6.21. The number of pyridine rings is 2. The second-order valence-corrected chi connectivity index (χ2v) is 4.43. The molecule has 0 aromatic carbocycles. The number of aromatic nitrogens is 2. The van der Waals surface area contributed by atoms with Gasteiger partial charge in [0.15, 0.2) is 0 Å². The molecule has 0 spiro atoms. The van der Waals surface area contributed by atoms with Gasteiger partial charge >= 0.3 is 0 Å². The van der Waals surface area contributed by atoms with E-state index in [9.17, 15) is 0 Å². The van der Waals surface area contributed by atoms with E-state index in [4.69, 9.17) is 11.6 Å². The number of rotatable bonds is 4. The van der Waals surface area contributed by atoms with Gasteiger partial charge in [-0.15, -0.1) is 0 Å². The Labute approximate surface area is 113 Å². The summed E-state index contributed by atoms with van der Waals surface area (Å²) < 4.78 is 0. The highest BCUT2D eigenvalue weighted by Gasteiger charge is 2.21. The summed E-state index contributed by atoms with van der Waals surface area (Å²) in [5, 5.41) is 0. The first kappa shape index (κ1) is 13.5. The van der Waals surface area contributed by atoms with Crippen LogP contribution in [-0.4, -0.2) is 9.97 Å². The van der Waals surface area contributed by atoms with Gasteiger partial charge in [-0.2, -0.15) is 0 Å². The molecule has 0 saturated carbocycles. The molecular weight excluding hydrogens is 238 g/mol. The standard InChI is InChI=1S/C14H19N5/c1-3-10-5-4-7-17-12(10)13(19-16)11-9(2)6-8-18-14(11)15/h4-8,13,19H,3,16H2,1-2H3,(H2,15,18). The minimum Gasteiger partial charge on any atom is -0.383 e. The van der Waals surface area contributed by atoms with Crippen molar-refractivity contribution in [2.24, 2.45) is 5.84 Å². The van der Waals surface area contributed by atoms with Crippen LogP contribution in [0.25, 0.3) is 0 Å². The molecule has 0 aliphatic heterocycles. The molecule has 0 aliphatic rings. The van der Waals surface area contributed by atoms with E-state index in [1.807, 2.05) is 19.1 Å². The van der Waals surface area contributed by atoms with Crippen LogP contribution in [0.1, 0.15) is 35.3 Å². The first-order valence-electron chi connectivity index (χ1n) is 6.29. The van der Waals surface area contributed by atoms with Gasteiger partial charge in [0.2, 0.25) is 0 Å². The SMILES string of the molecule is CCc1cccnc1C(NN)c1c(C)ccnc1N. The third-order valence-electron chi connectivity index (χ3n) is 3.27. The Hall–Kier alpha value is -1.98. The number of hydrogen-bond donors (Lipinski definition) is 3. The van der Waals surface area contributed by atoms with Crippen molar-refractivity contribution in [1.82, 2.24) is 15.4 Å². The van der Waals surface area contributed by atoms with Crippen molar-refractivity contribution in [1.29, 1.82) is 0 Å². The number of aryl methyl sites for hydroxylation is 2. The fourth-order valence-corrected chi connectivity index (χ4v) is 2.27. The van der Waals surface area contributed by atoms with Crippen LogP contribution in [0.3, 0.4) is 0 Å². The molecule has 5 nitrogen and oxygen atoms in total. The summed E-state index contributed by atoms with van der Waals surface area (Å²) in [6, 6.07) is 5.65. The number of nitrogens with zero attached hydrogens (tertiary/aromatic N) is 2. The fraction of sp³-hybridized carbons (Fsp3) is 0.286. The van der Waals surface area contributed by atoms with Gasteiger partial charge in [-0.25, -0.2) is 10.4 Å². The molecule has 5 N–H and O–H groups in total. The maximum Gasteiger partial charge on any atom is 0.128 e. The number of hydrogen-bond acceptors (Lipinski definition) is 5. The molecule has 0 bridgehead atoms. The summed E-state index contributed by atoms with van der Waals surface area (Å²) in [5.41, 5.74) is 12.8. The van der Waals surface area contributed by atoms with Gasteiger partial charge in [0.1, 0.15) is 5.82 Å².